The van der Waals surface area contributed by atoms with Crippen LogP contribution in [0.25, 0.3) is 0 Å². The van der Waals surface area contributed by atoms with Gasteiger partial charge in [0.15, 0.2) is 10.8 Å². The van der Waals surface area contributed by atoms with Crippen molar-refractivity contribution in [2.75, 3.05) is 6.61 Å². The molecule has 4 nitrogen and oxygen atoms in total. The maximum absolute atomic E-state index is 12.0. The van der Waals surface area contributed by atoms with Crippen LogP contribution in [0.1, 0.15) is 31.7 Å². The van der Waals surface area contributed by atoms with Crippen LogP contribution < -0.4 is 10.3 Å². The van der Waals surface area contributed by atoms with Gasteiger partial charge in [0.25, 0.3) is 5.56 Å². The molecular formula is C17H21ClN2O2. The highest BCUT2D eigenvalue weighted by Gasteiger charge is 2.10. The first-order valence-corrected chi connectivity index (χ1v) is 8.02. The summed E-state index contributed by atoms with van der Waals surface area (Å²) in [5.41, 5.74) is 0.987. The summed E-state index contributed by atoms with van der Waals surface area (Å²) in [6.07, 6.45) is 5.23. The van der Waals surface area contributed by atoms with Crippen molar-refractivity contribution in [2.45, 2.75) is 39.2 Å². The number of hydrogen-bond acceptors (Lipinski definition) is 3. The number of hydrogen-bond donors (Lipinski definition) is 0. The predicted molar refractivity (Wildman–Crippen MR) is 88.7 cm³/mol. The molecule has 0 bridgehead atoms. The Morgan fingerprint density at radius 3 is 2.73 bits per heavy atom. The average molecular weight is 321 g/mol. The van der Waals surface area contributed by atoms with Gasteiger partial charge in [-0.15, -0.1) is 0 Å². The third-order valence-corrected chi connectivity index (χ3v) is 3.73. The number of rotatable bonds is 8. The van der Waals surface area contributed by atoms with E-state index in [-0.39, 0.29) is 10.6 Å². The molecule has 0 aliphatic carbocycles. The van der Waals surface area contributed by atoms with E-state index < -0.39 is 0 Å². The largest absolute Gasteiger partial charge is 0.490 e. The molecule has 0 aliphatic rings. The molecule has 0 spiro atoms. The van der Waals surface area contributed by atoms with E-state index in [0.717, 1.165) is 25.7 Å². The van der Waals surface area contributed by atoms with E-state index in [9.17, 15) is 4.79 Å². The Balaban J connectivity index is 1.88. The molecule has 5 heteroatoms. The minimum Gasteiger partial charge on any atom is -0.490 e. The lowest BCUT2D eigenvalue weighted by Gasteiger charge is -2.09. The van der Waals surface area contributed by atoms with E-state index in [1.165, 1.54) is 16.4 Å². The highest BCUT2D eigenvalue weighted by molar-refractivity contribution is 6.31. The molecule has 118 valence electrons. The van der Waals surface area contributed by atoms with Gasteiger partial charge in [0.1, 0.15) is 0 Å². The molecule has 0 amide bonds. The van der Waals surface area contributed by atoms with E-state index in [2.05, 4.69) is 24.2 Å². The minimum atomic E-state index is -0.282. The van der Waals surface area contributed by atoms with E-state index in [0.29, 0.717) is 18.9 Å². The Bertz CT molecular complexity index is 641. The molecule has 1 heterocycles. The number of ether oxygens (including phenoxy) is 1. The molecule has 1 aromatic heterocycles. The van der Waals surface area contributed by atoms with Crippen molar-refractivity contribution in [2.24, 2.45) is 0 Å². The lowest BCUT2D eigenvalue weighted by Crippen LogP contribution is -2.23. The normalized spacial score (nSPS) is 10.6. The highest BCUT2D eigenvalue weighted by Crippen LogP contribution is 2.18. The maximum atomic E-state index is 12.0. The van der Waals surface area contributed by atoms with Gasteiger partial charge in [0.2, 0.25) is 0 Å². The van der Waals surface area contributed by atoms with Gasteiger partial charge in [0, 0.05) is 6.54 Å². The number of benzene rings is 1. The smallest absolute Gasteiger partial charge is 0.289 e. The van der Waals surface area contributed by atoms with Crippen LogP contribution in [0, 0.1) is 0 Å². The summed E-state index contributed by atoms with van der Waals surface area (Å²) in [5.74, 6) is 0.368. The number of halogens is 1. The Kier molecular flexibility index (Phi) is 6.46. The monoisotopic (exact) mass is 320 g/mol. The molecule has 0 N–H and O–H groups in total. The minimum absolute atomic E-state index is 0.116. The maximum Gasteiger partial charge on any atom is 0.289 e. The molecule has 0 saturated heterocycles. The Labute approximate surface area is 135 Å². The van der Waals surface area contributed by atoms with Gasteiger partial charge in [-0.05, 0) is 24.8 Å². The van der Waals surface area contributed by atoms with Crippen LogP contribution in [0.2, 0.25) is 5.02 Å². The van der Waals surface area contributed by atoms with Gasteiger partial charge in [-0.1, -0.05) is 55.3 Å². The van der Waals surface area contributed by atoms with Crippen LogP contribution in [0.3, 0.4) is 0 Å². The Morgan fingerprint density at radius 2 is 2.00 bits per heavy atom. The van der Waals surface area contributed by atoms with E-state index in [4.69, 9.17) is 16.3 Å². The van der Waals surface area contributed by atoms with Crippen LogP contribution >= 0.6 is 11.6 Å². The fourth-order valence-corrected chi connectivity index (χ4v) is 2.32. The summed E-state index contributed by atoms with van der Waals surface area (Å²) >= 11 is 6.07. The Hall–Kier alpha value is -1.81. The van der Waals surface area contributed by atoms with Crippen molar-refractivity contribution < 1.29 is 4.74 Å². The van der Waals surface area contributed by atoms with Crippen LogP contribution in [0.15, 0.2) is 41.3 Å². The third kappa shape index (κ3) is 4.60. The second-order valence-electron chi connectivity index (χ2n) is 5.14. The van der Waals surface area contributed by atoms with Gasteiger partial charge >= 0.3 is 0 Å². The molecule has 0 aliphatic heterocycles. The van der Waals surface area contributed by atoms with Crippen molar-refractivity contribution in [1.82, 2.24) is 9.78 Å². The Morgan fingerprint density at radius 1 is 1.23 bits per heavy atom. The summed E-state index contributed by atoms with van der Waals surface area (Å²) in [7, 11) is 0. The van der Waals surface area contributed by atoms with E-state index in [1.54, 1.807) is 0 Å². The lowest BCUT2D eigenvalue weighted by molar-refractivity contribution is 0.307. The van der Waals surface area contributed by atoms with Crippen LogP contribution in [-0.4, -0.2) is 16.4 Å². The quantitative estimate of drug-likeness (QED) is 0.696. The van der Waals surface area contributed by atoms with E-state index >= 15 is 0 Å². The average Bonchev–Trinajstić information content (AvgIpc) is 2.55. The molecule has 2 aromatic rings. The SMILES string of the molecule is CCCCn1ncc(OCCCc2ccccc2)c(Cl)c1=O. The molecule has 0 radical (unpaired) electrons. The zero-order chi connectivity index (χ0) is 15.8. The zero-order valence-electron chi connectivity index (χ0n) is 12.8. The predicted octanol–water partition coefficient (Wildman–Crippen LogP) is 3.71. The number of aromatic nitrogens is 2. The summed E-state index contributed by atoms with van der Waals surface area (Å²) < 4.78 is 6.98. The van der Waals surface area contributed by atoms with Gasteiger partial charge in [-0.3, -0.25) is 4.79 Å². The summed E-state index contributed by atoms with van der Waals surface area (Å²) in [5, 5.41) is 4.22. The van der Waals surface area contributed by atoms with Gasteiger partial charge in [0.05, 0.1) is 12.8 Å². The summed E-state index contributed by atoms with van der Waals surface area (Å²) in [6, 6.07) is 10.2. The molecular weight excluding hydrogens is 300 g/mol. The van der Waals surface area contributed by atoms with Crippen molar-refractivity contribution in [3.05, 3.63) is 57.5 Å². The van der Waals surface area contributed by atoms with Crippen LogP contribution in [-0.2, 0) is 13.0 Å². The number of unbranched alkanes of at least 4 members (excludes halogenated alkanes) is 1. The van der Waals surface area contributed by atoms with E-state index in [1.807, 2.05) is 18.2 Å². The van der Waals surface area contributed by atoms with Crippen molar-refractivity contribution in [3.63, 3.8) is 0 Å². The highest BCUT2D eigenvalue weighted by atomic mass is 35.5. The first-order valence-electron chi connectivity index (χ1n) is 7.64. The second-order valence-corrected chi connectivity index (χ2v) is 5.52. The number of nitrogens with zero attached hydrogens (tertiary/aromatic N) is 2. The van der Waals surface area contributed by atoms with Crippen molar-refractivity contribution >= 4 is 11.6 Å². The molecule has 1 aromatic carbocycles. The van der Waals surface area contributed by atoms with Crippen LogP contribution in [0.5, 0.6) is 5.75 Å². The molecule has 22 heavy (non-hydrogen) atoms. The van der Waals surface area contributed by atoms with Crippen LogP contribution in [0.4, 0.5) is 0 Å². The molecule has 0 atom stereocenters. The van der Waals surface area contributed by atoms with Crippen molar-refractivity contribution in [1.29, 1.82) is 0 Å². The fourth-order valence-electron chi connectivity index (χ4n) is 2.12. The van der Waals surface area contributed by atoms with Gasteiger partial charge in [-0.25, -0.2) is 4.68 Å². The fraction of sp³-hybridized carbons (Fsp3) is 0.412. The topological polar surface area (TPSA) is 44.1 Å². The summed E-state index contributed by atoms with van der Waals surface area (Å²) in [6.45, 7) is 3.16. The van der Waals surface area contributed by atoms with Gasteiger partial charge < -0.3 is 4.74 Å². The first-order chi connectivity index (χ1) is 10.7. The standard InChI is InChI=1S/C17H21ClN2O2/c1-2-3-11-20-17(21)16(18)15(13-19-20)22-12-7-10-14-8-5-4-6-9-14/h4-6,8-9,13H,2-3,7,10-12H2,1H3. The second kappa shape index (κ2) is 8.59. The zero-order valence-corrected chi connectivity index (χ0v) is 13.6. The molecule has 2 rings (SSSR count). The summed E-state index contributed by atoms with van der Waals surface area (Å²) in [4.78, 5) is 12.0. The van der Waals surface area contributed by atoms with Crippen molar-refractivity contribution in [3.8, 4) is 5.75 Å². The first kappa shape index (κ1) is 16.6. The molecule has 0 fully saturated rings. The molecule has 0 saturated carbocycles. The van der Waals surface area contributed by atoms with Gasteiger partial charge in [-0.2, -0.15) is 5.10 Å². The lowest BCUT2D eigenvalue weighted by atomic mass is 10.1. The third-order valence-electron chi connectivity index (χ3n) is 3.39. The molecule has 0 unspecified atom stereocenters. The number of aryl methyl sites for hydroxylation is 2.